The number of alkyl halides is 3. The fourth-order valence-electron chi connectivity index (χ4n) is 2.62. The average molecular weight is 503 g/mol. The summed E-state index contributed by atoms with van der Waals surface area (Å²) >= 11 is 0. The fraction of sp³-hybridized carbons (Fsp3) is 0.200. The number of methoxy groups -OCH3 is 1. The average Bonchev–Trinajstić information content (AvgIpc) is 2.79. The van der Waals surface area contributed by atoms with Crippen LogP contribution in [0, 0.1) is 5.82 Å². The van der Waals surface area contributed by atoms with E-state index in [4.69, 9.17) is 19.3 Å². The summed E-state index contributed by atoms with van der Waals surface area (Å²) in [4.78, 5) is 7.14. The van der Waals surface area contributed by atoms with Gasteiger partial charge in [0.25, 0.3) is 15.9 Å². The van der Waals surface area contributed by atoms with Crippen molar-refractivity contribution in [1.29, 1.82) is 0 Å². The number of hydrogen-bond donors (Lipinski definition) is 2. The van der Waals surface area contributed by atoms with Crippen LogP contribution < -0.4 is 18.9 Å². The number of nitrogens with zero attached hydrogens (tertiary/aromatic N) is 2. The summed E-state index contributed by atoms with van der Waals surface area (Å²) in [6.07, 6.45) is -3.72. The molecule has 1 heterocycles. The maximum Gasteiger partial charge on any atom is 0.416 e. The second kappa shape index (κ2) is 10.1. The number of ether oxygens (including phenoxy) is 3. The summed E-state index contributed by atoms with van der Waals surface area (Å²) in [6.45, 7) is -0.669. The zero-order chi connectivity index (χ0) is 24.9. The van der Waals surface area contributed by atoms with Crippen molar-refractivity contribution in [3.63, 3.8) is 0 Å². The molecule has 3 aromatic rings. The SMILES string of the molecule is COc1ccc(F)cc1Oc1c(NS(=O)(=O)c2ccc(C(F)(F)F)cc2)ncnc1OCCO. The predicted molar refractivity (Wildman–Crippen MR) is 110 cm³/mol. The Morgan fingerprint density at radius 1 is 1.06 bits per heavy atom. The Kier molecular flexibility index (Phi) is 7.41. The quantitative estimate of drug-likeness (QED) is 0.425. The maximum absolute atomic E-state index is 13.8. The highest BCUT2D eigenvalue weighted by Crippen LogP contribution is 2.40. The van der Waals surface area contributed by atoms with Gasteiger partial charge in [-0.05, 0) is 36.4 Å². The number of aliphatic hydroxyl groups is 1. The van der Waals surface area contributed by atoms with Crippen LogP contribution in [-0.2, 0) is 16.2 Å². The lowest BCUT2D eigenvalue weighted by Gasteiger charge is -2.17. The fourth-order valence-corrected chi connectivity index (χ4v) is 3.63. The highest BCUT2D eigenvalue weighted by atomic mass is 32.2. The van der Waals surface area contributed by atoms with E-state index >= 15 is 0 Å². The van der Waals surface area contributed by atoms with Crippen molar-refractivity contribution in [2.75, 3.05) is 25.0 Å². The largest absolute Gasteiger partial charge is 0.493 e. The second-order valence-electron chi connectivity index (χ2n) is 6.45. The summed E-state index contributed by atoms with van der Waals surface area (Å²) in [7, 11) is -3.16. The van der Waals surface area contributed by atoms with Crippen molar-refractivity contribution in [2.24, 2.45) is 0 Å². The Hall–Kier alpha value is -3.65. The summed E-state index contributed by atoms with van der Waals surface area (Å²) in [5.74, 6) is -1.97. The van der Waals surface area contributed by atoms with Crippen LogP contribution in [0.2, 0.25) is 0 Å². The van der Waals surface area contributed by atoms with Gasteiger partial charge in [0.15, 0.2) is 17.3 Å². The van der Waals surface area contributed by atoms with Crippen LogP contribution in [0.3, 0.4) is 0 Å². The lowest BCUT2D eigenvalue weighted by Crippen LogP contribution is -2.16. The topological polar surface area (TPSA) is 120 Å². The van der Waals surface area contributed by atoms with Gasteiger partial charge in [0.2, 0.25) is 5.75 Å². The Balaban J connectivity index is 2.02. The molecule has 182 valence electrons. The Labute approximate surface area is 191 Å². The van der Waals surface area contributed by atoms with Crippen molar-refractivity contribution in [3.05, 3.63) is 60.2 Å². The minimum Gasteiger partial charge on any atom is -0.493 e. The summed E-state index contributed by atoms with van der Waals surface area (Å²) in [5, 5.41) is 9.04. The highest BCUT2D eigenvalue weighted by molar-refractivity contribution is 7.92. The molecule has 3 rings (SSSR count). The number of anilines is 1. The molecule has 0 saturated carbocycles. The lowest BCUT2D eigenvalue weighted by molar-refractivity contribution is -0.137. The molecule has 0 unspecified atom stereocenters. The first-order valence-corrected chi connectivity index (χ1v) is 10.8. The first-order chi connectivity index (χ1) is 16.0. The molecule has 0 saturated heterocycles. The van der Waals surface area contributed by atoms with Gasteiger partial charge in [-0.3, -0.25) is 4.72 Å². The third-order valence-corrected chi connectivity index (χ3v) is 5.52. The van der Waals surface area contributed by atoms with Crippen molar-refractivity contribution in [3.8, 4) is 23.1 Å². The number of benzene rings is 2. The standard InChI is InChI=1S/C20H17F4N3O6S/c1-31-15-7-4-13(21)10-16(15)33-17-18(25-11-26-19(17)32-9-8-28)27-34(29,30)14-5-2-12(3-6-14)20(22,23)24/h2-7,10-11,28H,8-9H2,1H3,(H,25,26,27). The van der Waals surface area contributed by atoms with Crippen LogP contribution in [0.15, 0.2) is 53.7 Å². The van der Waals surface area contributed by atoms with E-state index in [2.05, 4.69) is 14.7 Å². The van der Waals surface area contributed by atoms with E-state index in [0.717, 1.165) is 30.6 Å². The van der Waals surface area contributed by atoms with Gasteiger partial charge in [0.1, 0.15) is 18.8 Å². The van der Waals surface area contributed by atoms with Gasteiger partial charge in [0.05, 0.1) is 24.2 Å². The molecule has 0 atom stereocenters. The van der Waals surface area contributed by atoms with Crippen molar-refractivity contribution in [1.82, 2.24) is 9.97 Å². The molecule has 0 aliphatic carbocycles. The maximum atomic E-state index is 13.8. The van der Waals surface area contributed by atoms with Crippen LogP contribution >= 0.6 is 0 Å². The van der Waals surface area contributed by atoms with E-state index in [0.29, 0.717) is 12.1 Å². The highest BCUT2D eigenvalue weighted by Gasteiger charge is 2.31. The summed E-state index contributed by atoms with van der Waals surface area (Å²) in [5.41, 5.74) is -1.03. The number of nitrogens with one attached hydrogen (secondary N) is 1. The summed E-state index contributed by atoms with van der Waals surface area (Å²) < 4.78 is 95.8. The molecule has 0 aliphatic heterocycles. The van der Waals surface area contributed by atoms with Crippen LogP contribution in [0.5, 0.6) is 23.1 Å². The van der Waals surface area contributed by atoms with Gasteiger partial charge in [0, 0.05) is 6.07 Å². The molecular weight excluding hydrogens is 486 g/mol. The molecular formula is C20H17F4N3O6S. The number of aromatic nitrogens is 2. The Morgan fingerprint density at radius 2 is 1.76 bits per heavy atom. The zero-order valence-electron chi connectivity index (χ0n) is 17.3. The van der Waals surface area contributed by atoms with E-state index in [1.807, 2.05) is 0 Å². The Bertz CT molecular complexity index is 1250. The molecule has 0 radical (unpaired) electrons. The minimum atomic E-state index is -4.65. The molecule has 0 bridgehead atoms. The number of hydrogen-bond acceptors (Lipinski definition) is 8. The van der Waals surface area contributed by atoms with Crippen molar-refractivity contribution < 1.29 is 45.3 Å². The van der Waals surface area contributed by atoms with Gasteiger partial charge < -0.3 is 19.3 Å². The molecule has 0 aliphatic rings. The molecule has 0 amide bonds. The van der Waals surface area contributed by atoms with Gasteiger partial charge in [-0.25, -0.2) is 17.8 Å². The molecule has 34 heavy (non-hydrogen) atoms. The molecule has 1 aromatic heterocycles. The molecule has 0 fully saturated rings. The number of aliphatic hydroxyl groups excluding tert-OH is 1. The van der Waals surface area contributed by atoms with Gasteiger partial charge >= 0.3 is 6.18 Å². The molecule has 9 nitrogen and oxygen atoms in total. The number of halogens is 4. The van der Waals surface area contributed by atoms with Crippen LogP contribution in [0.4, 0.5) is 23.4 Å². The minimum absolute atomic E-state index is 0.0786. The predicted octanol–water partition coefficient (Wildman–Crippen LogP) is 3.61. The van der Waals surface area contributed by atoms with E-state index in [1.165, 1.54) is 13.2 Å². The van der Waals surface area contributed by atoms with Gasteiger partial charge in [-0.1, -0.05) is 0 Å². The zero-order valence-corrected chi connectivity index (χ0v) is 18.2. The van der Waals surface area contributed by atoms with Crippen LogP contribution in [0.1, 0.15) is 5.56 Å². The monoisotopic (exact) mass is 503 g/mol. The van der Waals surface area contributed by atoms with E-state index in [1.54, 1.807) is 0 Å². The molecule has 0 spiro atoms. The van der Waals surface area contributed by atoms with Crippen LogP contribution in [-0.4, -0.2) is 43.8 Å². The molecule has 14 heteroatoms. The number of sulfonamides is 1. The van der Waals surface area contributed by atoms with Gasteiger partial charge in [-0.2, -0.15) is 18.2 Å². The normalized spacial score (nSPS) is 11.7. The lowest BCUT2D eigenvalue weighted by atomic mass is 10.2. The van der Waals surface area contributed by atoms with E-state index < -0.39 is 50.7 Å². The van der Waals surface area contributed by atoms with E-state index in [-0.39, 0.29) is 24.0 Å². The first-order valence-electron chi connectivity index (χ1n) is 9.35. The van der Waals surface area contributed by atoms with Gasteiger partial charge in [-0.15, -0.1) is 0 Å². The van der Waals surface area contributed by atoms with Crippen molar-refractivity contribution in [2.45, 2.75) is 11.1 Å². The molecule has 2 N–H and O–H groups in total. The smallest absolute Gasteiger partial charge is 0.416 e. The second-order valence-corrected chi connectivity index (χ2v) is 8.14. The number of rotatable bonds is 9. The molecule has 2 aromatic carbocycles. The van der Waals surface area contributed by atoms with Crippen molar-refractivity contribution >= 4 is 15.8 Å². The third-order valence-electron chi connectivity index (χ3n) is 4.16. The van der Waals surface area contributed by atoms with Crippen LogP contribution in [0.25, 0.3) is 0 Å². The first kappa shape index (κ1) is 25.0. The third kappa shape index (κ3) is 5.82. The van der Waals surface area contributed by atoms with E-state index in [9.17, 15) is 26.0 Å². The Morgan fingerprint density at radius 3 is 2.38 bits per heavy atom. The summed E-state index contributed by atoms with van der Waals surface area (Å²) in [6, 6.07) is 6.07.